The maximum Gasteiger partial charge on any atom is 0.191 e. The SMILES string of the molecule is CC1(C)C(NC(=NCCc2ccco2)NC2CCCC2)C2CCOC21. The Morgan fingerprint density at radius 3 is 2.84 bits per heavy atom. The molecule has 1 saturated heterocycles. The molecule has 0 amide bonds. The van der Waals surface area contributed by atoms with Gasteiger partial charge in [-0.25, -0.2) is 0 Å². The smallest absolute Gasteiger partial charge is 0.191 e. The Morgan fingerprint density at radius 1 is 1.24 bits per heavy atom. The first-order chi connectivity index (χ1) is 12.1. The highest BCUT2D eigenvalue weighted by molar-refractivity contribution is 5.80. The third-order valence-electron chi connectivity index (χ3n) is 6.30. The first-order valence-electron chi connectivity index (χ1n) is 9.86. The highest BCUT2D eigenvalue weighted by Gasteiger charge is 2.59. The van der Waals surface area contributed by atoms with Gasteiger partial charge >= 0.3 is 0 Å². The van der Waals surface area contributed by atoms with Crippen LogP contribution in [0.2, 0.25) is 0 Å². The van der Waals surface area contributed by atoms with Crippen LogP contribution < -0.4 is 10.6 Å². The van der Waals surface area contributed by atoms with Gasteiger partial charge in [-0.15, -0.1) is 0 Å². The van der Waals surface area contributed by atoms with Crippen molar-refractivity contribution in [3.05, 3.63) is 24.2 Å². The molecule has 2 aliphatic carbocycles. The highest BCUT2D eigenvalue weighted by atomic mass is 16.5. The molecule has 0 bridgehead atoms. The molecule has 3 fully saturated rings. The Hall–Kier alpha value is -1.49. The lowest BCUT2D eigenvalue weighted by Crippen LogP contribution is -2.68. The van der Waals surface area contributed by atoms with E-state index in [0.717, 1.165) is 37.7 Å². The number of hydrogen-bond acceptors (Lipinski definition) is 3. The molecule has 0 spiro atoms. The minimum atomic E-state index is 0.167. The van der Waals surface area contributed by atoms with Crippen LogP contribution >= 0.6 is 0 Å². The fourth-order valence-electron chi connectivity index (χ4n) is 4.89. The van der Waals surface area contributed by atoms with E-state index in [4.69, 9.17) is 14.1 Å². The number of rotatable bonds is 5. The van der Waals surface area contributed by atoms with E-state index in [1.807, 2.05) is 12.1 Å². The maximum absolute atomic E-state index is 5.93. The van der Waals surface area contributed by atoms with Gasteiger partial charge in [-0.2, -0.15) is 0 Å². The molecule has 2 N–H and O–H groups in total. The van der Waals surface area contributed by atoms with E-state index in [9.17, 15) is 0 Å². The van der Waals surface area contributed by atoms with E-state index in [1.54, 1.807) is 6.26 Å². The molecule has 3 aliphatic rings. The summed E-state index contributed by atoms with van der Waals surface area (Å²) in [7, 11) is 0. The zero-order chi connectivity index (χ0) is 17.3. The van der Waals surface area contributed by atoms with Crippen molar-refractivity contribution < 1.29 is 9.15 Å². The van der Waals surface area contributed by atoms with Crippen LogP contribution in [0.1, 0.15) is 51.7 Å². The van der Waals surface area contributed by atoms with Crippen molar-refractivity contribution in [2.24, 2.45) is 16.3 Å². The minimum Gasteiger partial charge on any atom is -0.469 e. The predicted molar refractivity (Wildman–Crippen MR) is 98.7 cm³/mol. The Labute approximate surface area is 150 Å². The normalized spacial score (nSPS) is 31.6. The molecule has 0 aromatic carbocycles. The van der Waals surface area contributed by atoms with Crippen molar-refractivity contribution in [2.75, 3.05) is 13.2 Å². The highest BCUT2D eigenvalue weighted by Crippen LogP contribution is 2.52. The summed E-state index contributed by atoms with van der Waals surface area (Å²) >= 11 is 0. The first-order valence-corrected chi connectivity index (χ1v) is 9.86. The lowest BCUT2D eigenvalue weighted by atomic mass is 9.57. The zero-order valence-corrected chi connectivity index (χ0v) is 15.5. The topological polar surface area (TPSA) is 58.8 Å². The predicted octanol–water partition coefficient (Wildman–Crippen LogP) is 3.11. The number of nitrogens with zero attached hydrogens (tertiary/aromatic N) is 1. The van der Waals surface area contributed by atoms with E-state index in [0.29, 0.717) is 24.1 Å². The van der Waals surface area contributed by atoms with Crippen LogP contribution in [0.15, 0.2) is 27.8 Å². The lowest BCUT2D eigenvalue weighted by Gasteiger charge is -2.55. The van der Waals surface area contributed by atoms with Crippen molar-refractivity contribution >= 4 is 5.96 Å². The van der Waals surface area contributed by atoms with Gasteiger partial charge in [-0.1, -0.05) is 26.7 Å². The summed E-state index contributed by atoms with van der Waals surface area (Å²) in [6.07, 6.45) is 9.29. The molecule has 0 radical (unpaired) electrons. The van der Waals surface area contributed by atoms with Gasteiger partial charge in [0.1, 0.15) is 5.76 Å². The number of nitrogens with one attached hydrogen (secondary N) is 2. The molecule has 5 nitrogen and oxygen atoms in total. The second kappa shape index (κ2) is 7.02. The van der Waals surface area contributed by atoms with E-state index in [1.165, 1.54) is 25.7 Å². The fraction of sp³-hybridized carbons (Fsp3) is 0.750. The average molecular weight is 345 g/mol. The monoisotopic (exact) mass is 345 g/mol. The molecular formula is C20H31N3O2. The molecule has 2 saturated carbocycles. The molecule has 1 aromatic heterocycles. The third kappa shape index (κ3) is 3.43. The van der Waals surface area contributed by atoms with Gasteiger partial charge < -0.3 is 19.8 Å². The van der Waals surface area contributed by atoms with Gasteiger partial charge in [0.05, 0.1) is 12.4 Å². The van der Waals surface area contributed by atoms with Crippen molar-refractivity contribution in [1.29, 1.82) is 0 Å². The summed E-state index contributed by atoms with van der Waals surface area (Å²) in [5.74, 6) is 2.59. The van der Waals surface area contributed by atoms with Crippen molar-refractivity contribution in [2.45, 2.75) is 70.6 Å². The first kappa shape index (κ1) is 17.0. The quantitative estimate of drug-likeness (QED) is 0.636. The summed E-state index contributed by atoms with van der Waals surface area (Å²) in [6, 6.07) is 4.96. The second-order valence-corrected chi connectivity index (χ2v) is 8.37. The Morgan fingerprint density at radius 2 is 2.08 bits per heavy atom. The van der Waals surface area contributed by atoms with Gasteiger partial charge in [0.25, 0.3) is 0 Å². The number of ether oxygens (including phenoxy) is 1. The average Bonchev–Trinajstić information content (AvgIpc) is 3.33. The Balaban J connectivity index is 1.41. The molecule has 138 valence electrons. The third-order valence-corrected chi connectivity index (χ3v) is 6.30. The summed E-state index contributed by atoms with van der Waals surface area (Å²) in [6.45, 7) is 6.27. The largest absolute Gasteiger partial charge is 0.469 e. The molecule has 1 aliphatic heterocycles. The van der Waals surface area contributed by atoms with Gasteiger partial charge in [-0.05, 0) is 31.4 Å². The standard InChI is InChI=1S/C20H31N3O2/c1-20(2)17(16-10-13-25-18(16)20)23-19(22-14-6-3-4-7-14)21-11-9-15-8-5-12-24-15/h5,8,12,14,16-18H,3-4,6-7,9-11,13H2,1-2H3,(H2,21,22,23). The Bertz CT molecular complexity index is 590. The number of guanidine groups is 1. The molecular weight excluding hydrogens is 314 g/mol. The maximum atomic E-state index is 5.93. The van der Waals surface area contributed by atoms with Crippen LogP contribution in [-0.4, -0.2) is 37.3 Å². The summed E-state index contributed by atoms with van der Waals surface area (Å²) < 4.78 is 11.4. The Kier molecular flexibility index (Phi) is 4.76. The van der Waals surface area contributed by atoms with E-state index in [-0.39, 0.29) is 5.41 Å². The molecule has 1 aromatic rings. The van der Waals surface area contributed by atoms with Crippen LogP contribution in [0.3, 0.4) is 0 Å². The number of fused-ring (bicyclic) bond motifs is 1. The minimum absolute atomic E-state index is 0.167. The van der Waals surface area contributed by atoms with E-state index >= 15 is 0 Å². The van der Waals surface area contributed by atoms with E-state index in [2.05, 4.69) is 24.5 Å². The van der Waals surface area contributed by atoms with Crippen LogP contribution in [0.25, 0.3) is 0 Å². The molecule has 25 heavy (non-hydrogen) atoms. The van der Waals surface area contributed by atoms with Gasteiger partial charge in [-0.3, -0.25) is 4.99 Å². The molecule has 4 rings (SSSR count). The van der Waals surface area contributed by atoms with Crippen LogP contribution in [0.5, 0.6) is 0 Å². The molecule has 2 heterocycles. The van der Waals surface area contributed by atoms with Crippen molar-refractivity contribution in [3.8, 4) is 0 Å². The van der Waals surface area contributed by atoms with Crippen molar-refractivity contribution in [3.63, 3.8) is 0 Å². The van der Waals surface area contributed by atoms with Gasteiger partial charge in [0.2, 0.25) is 0 Å². The fourth-order valence-corrected chi connectivity index (χ4v) is 4.89. The van der Waals surface area contributed by atoms with Crippen molar-refractivity contribution in [1.82, 2.24) is 10.6 Å². The molecule has 5 heteroatoms. The van der Waals surface area contributed by atoms with Gasteiger partial charge in [0.15, 0.2) is 5.96 Å². The molecule has 3 unspecified atom stereocenters. The van der Waals surface area contributed by atoms with Crippen LogP contribution in [0.4, 0.5) is 0 Å². The number of furan rings is 1. The zero-order valence-electron chi connectivity index (χ0n) is 15.5. The van der Waals surface area contributed by atoms with Crippen LogP contribution in [-0.2, 0) is 11.2 Å². The number of aliphatic imine (C=N–C) groups is 1. The van der Waals surface area contributed by atoms with E-state index < -0.39 is 0 Å². The summed E-state index contributed by atoms with van der Waals surface area (Å²) in [4.78, 5) is 4.86. The van der Waals surface area contributed by atoms with Gasteiger partial charge in [0, 0.05) is 43.0 Å². The summed E-state index contributed by atoms with van der Waals surface area (Å²) in [5, 5.41) is 7.43. The van der Waals surface area contributed by atoms with Crippen LogP contribution in [0, 0.1) is 11.3 Å². The molecule has 3 atom stereocenters. The second-order valence-electron chi connectivity index (χ2n) is 8.37. The number of hydrogen-bond donors (Lipinski definition) is 2. The lowest BCUT2D eigenvalue weighted by molar-refractivity contribution is -0.106. The summed E-state index contributed by atoms with van der Waals surface area (Å²) in [5.41, 5.74) is 0.167.